The molecule has 7 heteroatoms. The molecular weight excluding hydrogens is 431 g/mol. The number of hydroxylamine groups is 1. The first-order valence-electron chi connectivity index (χ1n) is 9.13. The maximum Gasteiger partial charge on any atom is 0.288 e. The first kappa shape index (κ1) is 24.9. The number of hydrogen-bond acceptors (Lipinski definition) is 4. The van der Waals surface area contributed by atoms with Crippen LogP contribution in [-0.2, 0) is 53.7 Å². The van der Waals surface area contributed by atoms with Crippen molar-refractivity contribution in [2.24, 2.45) is 5.92 Å². The molecule has 0 aliphatic carbocycles. The van der Waals surface area contributed by atoms with Crippen molar-refractivity contribution in [1.29, 1.82) is 0 Å². The second kappa shape index (κ2) is 13.9. The summed E-state index contributed by atoms with van der Waals surface area (Å²) >= 11 is 0. The zero-order chi connectivity index (χ0) is 19.5. The molecule has 1 fully saturated rings. The number of aromatic nitrogens is 1. The molecule has 2 heterocycles. The first-order chi connectivity index (χ1) is 13.1. The van der Waals surface area contributed by atoms with E-state index in [1.54, 1.807) is 13.2 Å². The minimum atomic E-state index is -0.358. The van der Waals surface area contributed by atoms with Crippen molar-refractivity contribution >= 4 is 5.97 Å². The van der Waals surface area contributed by atoms with Crippen molar-refractivity contribution in [3.8, 4) is 0 Å². The summed E-state index contributed by atoms with van der Waals surface area (Å²) in [6.45, 7) is 4.97. The van der Waals surface area contributed by atoms with E-state index in [9.17, 15) is 4.79 Å². The van der Waals surface area contributed by atoms with Crippen LogP contribution in [0.1, 0.15) is 37.4 Å². The molecule has 2 aromatic rings. The molecule has 1 aromatic heterocycles. The summed E-state index contributed by atoms with van der Waals surface area (Å²) < 4.78 is 5.21. The molecule has 0 N–H and O–H groups in total. The fourth-order valence-corrected chi connectivity index (χ4v) is 2.65. The van der Waals surface area contributed by atoms with Crippen LogP contribution in [0, 0.1) is 5.92 Å². The quantitative estimate of drug-likeness (QED) is 0.594. The second-order valence-corrected chi connectivity index (χ2v) is 6.57. The summed E-state index contributed by atoms with van der Waals surface area (Å²) in [6, 6.07) is 13.4. The average molecular weight is 458 g/mol. The topological polar surface area (TPSA) is 76.6 Å². The van der Waals surface area contributed by atoms with Gasteiger partial charge in [0.15, 0.2) is 0 Å². The van der Waals surface area contributed by atoms with Gasteiger partial charge in [-0.15, -0.1) is 0 Å². The van der Waals surface area contributed by atoms with Crippen LogP contribution >= 0.6 is 0 Å². The molecule has 0 amide bonds. The molecule has 1 aliphatic rings. The van der Waals surface area contributed by atoms with E-state index in [-0.39, 0.29) is 56.7 Å². The van der Waals surface area contributed by atoms with Gasteiger partial charge in [0.2, 0.25) is 0 Å². The normalized spacial score (nSPS) is 16.5. The summed E-state index contributed by atoms with van der Waals surface area (Å²) in [5, 5.41) is 4.03. The van der Waals surface area contributed by atoms with Crippen molar-refractivity contribution in [3.05, 3.63) is 76.8 Å². The van der Waals surface area contributed by atoms with Gasteiger partial charge in [-0.25, -0.2) is 0 Å². The maximum atomic E-state index is 11.7. The molecule has 0 saturated carbocycles. The molecule has 1 aliphatic heterocycles. The van der Waals surface area contributed by atoms with Crippen LogP contribution in [0.25, 0.3) is 10.8 Å². The molecule has 0 bridgehead atoms. The number of carbonyl (C=O) groups is 1. The molecule has 2 atom stereocenters. The summed E-state index contributed by atoms with van der Waals surface area (Å²) in [5.41, 5.74) is 6.10. The number of rotatable bonds is 6. The number of esters is 1. The minimum Gasteiger partial charge on any atom is -0.653 e. The van der Waals surface area contributed by atoms with Gasteiger partial charge in [0, 0.05) is 51.7 Å². The van der Waals surface area contributed by atoms with Gasteiger partial charge in [0.05, 0.1) is 0 Å². The number of pyridine rings is 1. The van der Waals surface area contributed by atoms with Crippen molar-refractivity contribution in [3.63, 3.8) is 0 Å². The van der Waals surface area contributed by atoms with Crippen molar-refractivity contribution < 1.29 is 47.1 Å². The molecule has 1 radical (unpaired) electrons. The SMILES string of the molecule is C[N-]C(C(=O)OCc1ccccc1)C(C)C.[Y].c1cncc(C2CCO[N-]2)c1. The largest absolute Gasteiger partial charge is 0.653 e. The van der Waals surface area contributed by atoms with E-state index in [4.69, 9.17) is 9.57 Å². The van der Waals surface area contributed by atoms with Gasteiger partial charge in [-0.1, -0.05) is 62.2 Å². The van der Waals surface area contributed by atoms with E-state index >= 15 is 0 Å². The maximum absolute atomic E-state index is 11.7. The molecule has 6 nitrogen and oxygen atoms in total. The number of likely N-dealkylation sites (N-methyl/N-ethyl adjacent to an activating group) is 1. The van der Waals surface area contributed by atoms with E-state index in [2.05, 4.69) is 15.8 Å². The third-order valence-electron chi connectivity index (χ3n) is 4.13. The molecule has 1 aromatic carbocycles. The Morgan fingerprint density at radius 3 is 2.57 bits per heavy atom. The number of carbonyl (C=O) groups excluding carboxylic acids is 1. The van der Waals surface area contributed by atoms with Gasteiger partial charge in [-0.05, 0) is 29.7 Å². The molecular formula is C21H27N3O3Y-2. The molecule has 2 unspecified atom stereocenters. The van der Waals surface area contributed by atoms with Gasteiger partial charge in [-0.2, -0.15) is 7.05 Å². The monoisotopic (exact) mass is 458 g/mol. The fourth-order valence-electron chi connectivity index (χ4n) is 2.65. The summed E-state index contributed by atoms with van der Waals surface area (Å²) in [5.74, 6) is -0.0744. The van der Waals surface area contributed by atoms with Gasteiger partial charge in [-0.3, -0.25) is 9.78 Å². The van der Waals surface area contributed by atoms with Crippen LogP contribution < -0.4 is 0 Å². The van der Waals surface area contributed by atoms with Crippen LogP contribution in [-0.4, -0.2) is 30.6 Å². The number of nitrogens with zero attached hydrogens (tertiary/aromatic N) is 3. The predicted molar refractivity (Wildman–Crippen MR) is 105 cm³/mol. The molecule has 1 saturated heterocycles. The minimum absolute atomic E-state index is 0. The zero-order valence-electron chi connectivity index (χ0n) is 16.7. The van der Waals surface area contributed by atoms with Crippen LogP contribution in [0.4, 0.5) is 0 Å². The van der Waals surface area contributed by atoms with E-state index < -0.39 is 0 Å². The van der Waals surface area contributed by atoms with E-state index in [1.807, 2.05) is 62.5 Å². The molecule has 149 valence electrons. The first-order valence-corrected chi connectivity index (χ1v) is 9.13. The summed E-state index contributed by atoms with van der Waals surface area (Å²) in [4.78, 5) is 20.6. The zero-order valence-corrected chi connectivity index (χ0v) is 19.5. The summed E-state index contributed by atoms with van der Waals surface area (Å²) in [7, 11) is 1.65. The smallest absolute Gasteiger partial charge is 0.288 e. The Bertz CT molecular complexity index is 665. The number of ether oxygens (including phenoxy) is 1. The third kappa shape index (κ3) is 8.45. The van der Waals surface area contributed by atoms with Gasteiger partial charge >= 0.3 is 0 Å². The van der Waals surface area contributed by atoms with E-state index in [1.165, 1.54) is 0 Å². The Morgan fingerprint density at radius 1 is 1.29 bits per heavy atom. The van der Waals surface area contributed by atoms with Crippen LogP contribution in [0.15, 0.2) is 54.9 Å². The van der Waals surface area contributed by atoms with Crippen molar-refractivity contribution in [2.75, 3.05) is 13.7 Å². The Hall–Kier alpha value is -1.18. The van der Waals surface area contributed by atoms with E-state index in [0.29, 0.717) is 6.61 Å². The Kier molecular flexibility index (Phi) is 12.4. The molecule has 3 rings (SSSR count). The van der Waals surface area contributed by atoms with Gasteiger partial charge < -0.3 is 20.4 Å². The second-order valence-electron chi connectivity index (χ2n) is 6.57. The standard InChI is InChI=1S/C13H18NO2.C8H9N2O.Y/c1-10(2)12(14-3)13(15)16-9-11-7-5-4-6-8-11;1-2-7(6-9-4-1)8-3-5-11-10-8;/h4-8,10,12H,9H2,1-3H3;1-2,4,6,8H,3,5H2;/q2*-1;. The molecule has 0 spiro atoms. The van der Waals surface area contributed by atoms with E-state index in [0.717, 1.165) is 24.2 Å². The van der Waals surface area contributed by atoms with Crippen LogP contribution in [0.2, 0.25) is 0 Å². The predicted octanol–water partition coefficient (Wildman–Crippen LogP) is 4.59. The Labute approximate surface area is 192 Å². The Morgan fingerprint density at radius 2 is 2.04 bits per heavy atom. The third-order valence-corrected chi connectivity index (χ3v) is 4.13. The van der Waals surface area contributed by atoms with Crippen LogP contribution in [0.3, 0.4) is 0 Å². The van der Waals surface area contributed by atoms with Crippen molar-refractivity contribution in [1.82, 2.24) is 4.98 Å². The number of hydrogen-bond donors (Lipinski definition) is 0. The van der Waals surface area contributed by atoms with Gasteiger partial charge in [0.25, 0.3) is 5.97 Å². The molecule has 28 heavy (non-hydrogen) atoms. The number of benzene rings is 1. The van der Waals surface area contributed by atoms with Crippen molar-refractivity contribution in [2.45, 2.75) is 39.0 Å². The van der Waals surface area contributed by atoms with Crippen LogP contribution in [0.5, 0.6) is 0 Å². The average Bonchev–Trinajstić information content (AvgIpc) is 3.23. The fraction of sp³-hybridized carbons (Fsp3) is 0.429. The summed E-state index contributed by atoms with van der Waals surface area (Å²) in [6.07, 6.45) is 4.58. The van der Waals surface area contributed by atoms with Gasteiger partial charge in [0.1, 0.15) is 6.61 Å². The Balaban J connectivity index is 0.000000285.